The second kappa shape index (κ2) is 18.3. The maximum atomic E-state index is 9.53. The van der Waals surface area contributed by atoms with Gasteiger partial charge in [0.05, 0.1) is 17.3 Å². The second-order valence-corrected chi connectivity index (χ2v) is 14.8. The van der Waals surface area contributed by atoms with Crippen molar-refractivity contribution >= 4 is 39.1 Å². The summed E-state index contributed by atoms with van der Waals surface area (Å²) < 4.78 is 6.54. The Morgan fingerprint density at radius 3 is 1.85 bits per heavy atom. The van der Waals surface area contributed by atoms with Crippen LogP contribution < -0.4 is 4.90 Å². The first-order valence-electron chi connectivity index (χ1n) is 19.6. The van der Waals surface area contributed by atoms with Gasteiger partial charge in [-0.15, -0.1) is 35.9 Å². The van der Waals surface area contributed by atoms with E-state index in [0.717, 1.165) is 39.2 Å². The van der Waals surface area contributed by atoms with Crippen molar-refractivity contribution in [1.29, 1.82) is 5.26 Å². The van der Waals surface area contributed by atoms with Crippen molar-refractivity contribution in [2.45, 2.75) is 39.5 Å². The first kappa shape index (κ1) is 40.6. The molecule has 0 aliphatic carbocycles. The van der Waals surface area contributed by atoms with Gasteiger partial charge in [0.2, 0.25) is 0 Å². The summed E-state index contributed by atoms with van der Waals surface area (Å²) in [6.07, 6.45) is 3.61. The van der Waals surface area contributed by atoms with Crippen LogP contribution in [0.25, 0.3) is 55.4 Å². The molecule has 3 aromatic heterocycles. The van der Waals surface area contributed by atoms with Crippen LogP contribution in [0.2, 0.25) is 0 Å². The zero-order chi connectivity index (χ0) is 40.0. The average Bonchev–Trinajstić information content (AvgIpc) is 3.66. The van der Waals surface area contributed by atoms with Crippen molar-refractivity contribution in [2.75, 3.05) is 4.90 Å². The number of nitriles is 1. The fourth-order valence-corrected chi connectivity index (χ4v) is 7.34. The average molecular weight is 943 g/mol. The monoisotopic (exact) mass is 943 g/mol. The predicted molar refractivity (Wildman–Crippen MR) is 237 cm³/mol. The van der Waals surface area contributed by atoms with Crippen LogP contribution in [-0.4, -0.2) is 9.97 Å². The summed E-state index contributed by atoms with van der Waals surface area (Å²) in [7, 11) is 0. The molecule has 3 heterocycles. The van der Waals surface area contributed by atoms with E-state index in [0.29, 0.717) is 16.7 Å². The summed E-state index contributed by atoms with van der Waals surface area (Å²) in [5.74, 6) is 1.22. The number of furan rings is 1. The van der Waals surface area contributed by atoms with Crippen LogP contribution in [0.4, 0.5) is 17.2 Å². The fourth-order valence-electron chi connectivity index (χ4n) is 7.34. The van der Waals surface area contributed by atoms with E-state index in [4.69, 9.17) is 9.40 Å². The summed E-state index contributed by atoms with van der Waals surface area (Å²) in [4.78, 5) is 11.3. The first-order valence-corrected chi connectivity index (χ1v) is 19.6. The van der Waals surface area contributed by atoms with Gasteiger partial charge < -0.3 is 14.3 Å². The van der Waals surface area contributed by atoms with Crippen molar-refractivity contribution in [3.63, 3.8) is 0 Å². The first-order chi connectivity index (χ1) is 28.4. The number of anilines is 3. The molecule has 0 saturated heterocycles. The largest absolute Gasteiger partial charge is 0.513 e. The number of hydrogen-bond acceptors (Lipinski definition) is 5. The number of hydrogen-bond donors (Lipinski definition) is 0. The topological polar surface area (TPSA) is 66.0 Å². The summed E-state index contributed by atoms with van der Waals surface area (Å²) in [5, 5.41) is 11.5. The number of fused-ring (bicyclic) bond motifs is 3. The van der Waals surface area contributed by atoms with Crippen LogP contribution >= 0.6 is 0 Å². The van der Waals surface area contributed by atoms with E-state index >= 15 is 0 Å². The molecule has 0 unspecified atom stereocenters. The SMILES string of the molecule is CC(C)c1cc(-c2ccc(-c3ccccc3)cc2)cc(C(C)C)c1N(c1ccccn1)c1[c-]ccc2c1oc1cc(C#N)ccc12.[Ir].[c-]1ccccc1-c1ccccn1. The minimum Gasteiger partial charge on any atom is -0.513 e. The van der Waals surface area contributed by atoms with Gasteiger partial charge in [0.15, 0.2) is 0 Å². The molecule has 0 bridgehead atoms. The molecule has 0 atom stereocenters. The summed E-state index contributed by atoms with van der Waals surface area (Å²) in [5.41, 5.74) is 13.1. The van der Waals surface area contributed by atoms with Gasteiger partial charge in [-0.3, -0.25) is 0 Å². The molecule has 0 aliphatic heterocycles. The Hall–Kier alpha value is -6.64. The number of benzene rings is 6. The molecule has 6 aromatic carbocycles. The Labute approximate surface area is 360 Å². The Bertz CT molecular complexity index is 2760. The van der Waals surface area contributed by atoms with Crippen LogP contribution in [0.15, 0.2) is 175 Å². The van der Waals surface area contributed by atoms with E-state index in [1.54, 1.807) is 12.3 Å². The van der Waals surface area contributed by atoms with E-state index in [9.17, 15) is 5.26 Å². The third kappa shape index (κ3) is 8.64. The zero-order valence-electron chi connectivity index (χ0n) is 33.4. The molecule has 0 N–H and O–H groups in total. The van der Waals surface area contributed by atoms with Crippen LogP contribution in [0.5, 0.6) is 0 Å². The molecule has 0 amide bonds. The molecule has 9 aromatic rings. The van der Waals surface area contributed by atoms with Gasteiger partial charge in [0, 0.05) is 43.5 Å². The molecule has 0 saturated carbocycles. The van der Waals surface area contributed by atoms with Gasteiger partial charge in [0.1, 0.15) is 11.4 Å². The van der Waals surface area contributed by atoms with Crippen LogP contribution in [0, 0.1) is 23.5 Å². The summed E-state index contributed by atoms with van der Waals surface area (Å²) in [6.45, 7) is 8.99. The van der Waals surface area contributed by atoms with Gasteiger partial charge in [-0.05, 0) is 99.1 Å². The summed E-state index contributed by atoms with van der Waals surface area (Å²) in [6, 6.07) is 62.2. The van der Waals surface area contributed by atoms with Crippen molar-refractivity contribution in [3.8, 4) is 39.6 Å². The van der Waals surface area contributed by atoms with Gasteiger partial charge in [0.25, 0.3) is 0 Å². The molecule has 0 fully saturated rings. The number of nitrogens with zero attached hydrogens (tertiary/aromatic N) is 4. The molecule has 9 rings (SSSR count). The van der Waals surface area contributed by atoms with Gasteiger partial charge in [-0.25, -0.2) is 4.98 Å². The standard InChI is InChI=1S/C42H34N3O.C11H8N.Ir/c1-27(2)36-24-33(32-19-17-31(18-20-32)30-11-6-5-7-12-30)25-37(28(3)4)41(36)45(40-15-8-9-22-44-40)38-14-10-13-35-34-21-16-29(26-43)23-39(34)46-42(35)38;1-2-6-10(7-3-1)11-8-4-5-9-12-11;/h5-13,15-25,27-28H,1-4H3;1-6,8-9H;/q2*-1;. The fraction of sp³-hybridized carbons (Fsp3) is 0.113. The van der Waals surface area contributed by atoms with Gasteiger partial charge >= 0.3 is 0 Å². The van der Waals surface area contributed by atoms with E-state index in [2.05, 4.69) is 116 Å². The Kier molecular flexibility index (Phi) is 12.6. The zero-order valence-corrected chi connectivity index (χ0v) is 35.7. The van der Waals surface area contributed by atoms with Crippen LogP contribution in [0.3, 0.4) is 0 Å². The smallest absolute Gasteiger partial charge is 0.135 e. The van der Waals surface area contributed by atoms with E-state index < -0.39 is 0 Å². The maximum absolute atomic E-state index is 9.53. The second-order valence-electron chi connectivity index (χ2n) is 14.8. The van der Waals surface area contributed by atoms with Crippen LogP contribution in [-0.2, 0) is 20.1 Å². The molecule has 5 nitrogen and oxygen atoms in total. The molecule has 59 heavy (non-hydrogen) atoms. The van der Waals surface area contributed by atoms with Crippen LogP contribution in [0.1, 0.15) is 56.2 Å². The molecule has 1 radical (unpaired) electrons. The number of pyridine rings is 2. The van der Waals surface area contributed by atoms with Crippen molar-refractivity contribution < 1.29 is 24.5 Å². The van der Waals surface area contributed by atoms with Gasteiger partial charge in [-0.2, -0.15) is 23.5 Å². The summed E-state index contributed by atoms with van der Waals surface area (Å²) >= 11 is 0. The molecule has 0 aliphatic rings. The number of rotatable bonds is 8. The molecule has 291 valence electrons. The minimum atomic E-state index is 0. The third-order valence-electron chi connectivity index (χ3n) is 10.3. The van der Waals surface area contributed by atoms with E-state index in [1.165, 1.54) is 33.4 Å². The molecular weight excluding hydrogens is 901 g/mol. The Balaban J connectivity index is 0.000000347. The Morgan fingerprint density at radius 2 is 1.24 bits per heavy atom. The molecule has 6 heteroatoms. The minimum absolute atomic E-state index is 0. The van der Waals surface area contributed by atoms with E-state index in [1.807, 2.05) is 97.2 Å². The van der Waals surface area contributed by atoms with Crippen molar-refractivity contribution in [3.05, 3.63) is 199 Å². The normalized spacial score (nSPS) is 10.9. The predicted octanol–water partition coefficient (Wildman–Crippen LogP) is 14.2. The van der Waals surface area contributed by atoms with Crippen molar-refractivity contribution in [2.24, 2.45) is 0 Å². The van der Waals surface area contributed by atoms with E-state index in [-0.39, 0.29) is 31.9 Å². The van der Waals surface area contributed by atoms with Gasteiger partial charge in [-0.1, -0.05) is 112 Å². The quantitative estimate of drug-likeness (QED) is 0.142. The Morgan fingerprint density at radius 1 is 0.593 bits per heavy atom. The maximum Gasteiger partial charge on any atom is 0.135 e. The van der Waals surface area contributed by atoms with Crippen molar-refractivity contribution in [1.82, 2.24) is 9.97 Å². The number of aromatic nitrogens is 2. The third-order valence-corrected chi connectivity index (χ3v) is 10.3. The molecule has 0 spiro atoms. The molecular formula is C53H42IrN4O-2.